The number of guanidine groups is 1. The Morgan fingerprint density at radius 3 is 2.68 bits per heavy atom. The Hall–Kier alpha value is -1.71. The highest BCUT2D eigenvalue weighted by atomic mass is 16.5. The number of aliphatic imine (C=N–C) groups is 1. The predicted octanol–water partition coefficient (Wildman–Crippen LogP) is 2.47. The summed E-state index contributed by atoms with van der Waals surface area (Å²) in [5.74, 6) is 1.36. The molecule has 0 spiro atoms. The molecule has 1 rings (SSSR count). The lowest BCUT2D eigenvalue weighted by Crippen LogP contribution is -2.33. The van der Waals surface area contributed by atoms with Crippen LogP contribution in [0.1, 0.15) is 32.3 Å². The van der Waals surface area contributed by atoms with E-state index in [2.05, 4.69) is 24.2 Å². The van der Waals surface area contributed by atoms with Crippen molar-refractivity contribution < 1.29 is 4.74 Å². The van der Waals surface area contributed by atoms with E-state index in [1.165, 1.54) is 5.56 Å². The summed E-state index contributed by atoms with van der Waals surface area (Å²) in [6, 6.07) is 8.01. The van der Waals surface area contributed by atoms with Crippen molar-refractivity contribution >= 4 is 5.96 Å². The number of ether oxygens (including phenoxy) is 1. The zero-order valence-electron chi connectivity index (χ0n) is 12.1. The molecule has 0 radical (unpaired) electrons. The lowest BCUT2D eigenvalue weighted by Gasteiger charge is -2.13. The molecule has 0 aliphatic carbocycles. The molecule has 1 atom stereocenters. The van der Waals surface area contributed by atoms with Crippen LogP contribution in [0.2, 0.25) is 0 Å². The summed E-state index contributed by atoms with van der Waals surface area (Å²) in [7, 11) is 0. The second-order valence-electron chi connectivity index (χ2n) is 4.75. The van der Waals surface area contributed by atoms with Gasteiger partial charge in [-0.3, -0.25) is 0 Å². The molecule has 0 aliphatic rings. The number of unbranched alkanes of at least 4 members (excludes halogenated alkanes) is 1. The monoisotopic (exact) mass is 263 g/mol. The largest absolute Gasteiger partial charge is 0.489 e. The molecule has 1 unspecified atom stereocenters. The van der Waals surface area contributed by atoms with Gasteiger partial charge in [0.15, 0.2) is 5.96 Å². The molecule has 1 aromatic rings. The summed E-state index contributed by atoms with van der Waals surface area (Å²) in [5.41, 5.74) is 6.98. The normalized spacial score (nSPS) is 13.1. The van der Waals surface area contributed by atoms with E-state index in [4.69, 9.17) is 10.5 Å². The molecular weight excluding hydrogens is 238 g/mol. The Labute approximate surface area is 116 Å². The average molecular weight is 263 g/mol. The predicted molar refractivity (Wildman–Crippen MR) is 80.7 cm³/mol. The molecule has 1 aromatic carbocycles. The van der Waals surface area contributed by atoms with Gasteiger partial charge in [-0.25, -0.2) is 4.99 Å². The van der Waals surface area contributed by atoms with Crippen LogP contribution in [-0.4, -0.2) is 25.2 Å². The van der Waals surface area contributed by atoms with Crippen molar-refractivity contribution in [2.45, 2.75) is 39.7 Å². The number of nitrogens with zero attached hydrogens (tertiary/aromatic N) is 1. The number of aryl methyl sites for hydroxylation is 1. The van der Waals surface area contributed by atoms with Crippen molar-refractivity contribution in [3.63, 3.8) is 0 Å². The van der Waals surface area contributed by atoms with Crippen LogP contribution in [0.3, 0.4) is 0 Å². The Morgan fingerprint density at radius 1 is 1.37 bits per heavy atom. The van der Waals surface area contributed by atoms with E-state index in [1.54, 1.807) is 0 Å². The van der Waals surface area contributed by atoms with Gasteiger partial charge in [0.2, 0.25) is 0 Å². The van der Waals surface area contributed by atoms with Crippen LogP contribution < -0.4 is 15.8 Å². The van der Waals surface area contributed by atoms with Crippen LogP contribution in [0.5, 0.6) is 5.75 Å². The Balaban J connectivity index is 2.32. The quantitative estimate of drug-likeness (QED) is 0.451. The number of nitrogens with one attached hydrogen (secondary N) is 1. The van der Waals surface area contributed by atoms with Gasteiger partial charge in [0, 0.05) is 6.54 Å². The maximum atomic E-state index is 5.76. The van der Waals surface area contributed by atoms with Crippen molar-refractivity contribution in [3.05, 3.63) is 29.8 Å². The number of benzene rings is 1. The van der Waals surface area contributed by atoms with Crippen LogP contribution in [0.25, 0.3) is 0 Å². The van der Waals surface area contributed by atoms with Gasteiger partial charge in [-0.1, -0.05) is 31.0 Å². The fraction of sp³-hybridized carbons (Fsp3) is 0.533. The molecule has 0 amide bonds. The van der Waals surface area contributed by atoms with Crippen LogP contribution in [0, 0.1) is 6.92 Å². The lowest BCUT2D eigenvalue weighted by atomic mass is 10.2. The minimum absolute atomic E-state index is 0.00855. The van der Waals surface area contributed by atoms with E-state index in [9.17, 15) is 0 Å². The van der Waals surface area contributed by atoms with Crippen molar-refractivity contribution in [1.29, 1.82) is 0 Å². The van der Waals surface area contributed by atoms with E-state index in [-0.39, 0.29) is 6.10 Å². The van der Waals surface area contributed by atoms with Crippen LogP contribution in [-0.2, 0) is 0 Å². The van der Waals surface area contributed by atoms with Gasteiger partial charge in [0.05, 0.1) is 6.54 Å². The zero-order valence-corrected chi connectivity index (χ0v) is 12.1. The Bertz CT molecular complexity index is 387. The zero-order chi connectivity index (χ0) is 14.1. The van der Waals surface area contributed by atoms with Gasteiger partial charge in [-0.2, -0.15) is 0 Å². The average Bonchev–Trinajstić information content (AvgIpc) is 2.39. The van der Waals surface area contributed by atoms with Gasteiger partial charge in [0.25, 0.3) is 0 Å². The lowest BCUT2D eigenvalue weighted by molar-refractivity contribution is 0.230. The topological polar surface area (TPSA) is 59.6 Å². The molecule has 4 heteroatoms. The highest BCUT2D eigenvalue weighted by molar-refractivity contribution is 5.77. The minimum atomic E-state index is 0.00855. The summed E-state index contributed by atoms with van der Waals surface area (Å²) in [5, 5.41) is 3.08. The van der Waals surface area contributed by atoms with E-state index < -0.39 is 0 Å². The van der Waals surface area contributed by atoms with Gasteiger partial charge in [0.1, 0.15) is 11.9 Å². The second kappa shape index (κ2) is 8.40. The molecule has 0 fully saturated rings. The fourth-order valence-corrected chi connectivity index (χ4v) is 1.56. The maximum absolute atomic E-state index is 5.76. The SMILES string of the molecule is CCCCNC(N)=NCC(C)Oc1ccc(C)cc1. The summed E-state index contributed by atoms with van der Waals surface area (Å²) < 4.78 is 5.75. The molecule has 19 heavy (non-hydrogen) atoms. The number of rotatable bonds is 7. The van der Waals surface area contributed by atoms with E-state index in [0.717, 1.165) is 25.1 Å². The Kier molecular flexibility index (Phi) is 6.79. The number of nitrogens with two attached hydrogens (primary N) is 1. The fourth-order valence-electron chi connectivity index (χ4n) is 1.56. The molecule has 0 heterocycles. The minimum Gasteiger partial charge on any atom is -0.489 e. The van der Waals surface area contributed by atoms with Gasteiger partial charge in [-0.05, 0) is 32.4 Å². The Morgan fingerprint density at radius 2 is 2.05 bits per heavy atom. The first-order chi connectivity index (χ1) is 9.11. The van der Waals surface area contributed by atoms with Crippen LogP contribution in [0.4, 0.5) is 0 Å². The number of hydrogen-bond donors (Lipinski definition) is 2. The molecule has 0 saturated heterocycles. The maximum Gasteiger partial charge on any atom is 0.188 e. The van der Waals surface area contributed by atoms with Crippen molar-refractivity contribution in [2.24, 2.45) is 10.7 Å². The molecule has 0 aliphatic heterocycles. The van der Waals surface area contributed by atoms with Gasteiger partial charge < -0.3 is 15.8 Å². The molecule has 4 nitrogen and oxygen atoms in total. The third-order valence-electron chi connectivity index (χ3n) is 2.71. The summed E-state index contributed by atoms with van der Waals surface area (Å²) >= 11 is 0. The van der Waals surface area contributed by atoms with E-state index >= 15 is 0 Å². The number of hydrogen-bond acceptors (Lipinski definition) is 2. The smallest absolute Gasteiger partial charge is 0.188 e. The second-order valence-corrected chi connectivity index (χ2v) is 4.75. The van der Waals surface area contributed by atoms with Crippen molar-refractivity contribution in [2.75, 3.05) is 13.1 Å². The summed E-state index contributed by atoms with van der Waals surface area (Å²) in [6.07, 6.45) is 2.26. The third-order valence-corrected chi connectivity index (χ3v) is 2.71. The molecule has 0 bridgehead atoms. The molecular formula is C15H25N3O. The first-order valence-corrected chi connectivity index (χ1v) is 6.89. The first-order valence-electron chi connectivity index (χ1n) is 6.89. The summed E-state index contributed by atoms with van der Waals surface area (Å²) in [6.45, 7) is 7.62. The van der Waals surface area contributed by atoms with Gasteiger partial charge in [-0.15, -0.1) is 0 Å². The van der Waals surface area contributed by atoms with Crippen LogP contribution in [0.15, 0.2) is 29.3 Å². The standard InChI is InChI=1S/C15H25N3O/c1-4-5-10-17-15(16)18-11-13(3)19-14-8-6-12(2)7-9-14/h6-9,13H,4-5,10-11H2,1-3H3,(H3,16,17,18). The van der Waals surface area contributed by atoms with Crippen molar-refractivity contribution in [1.82, 2.24) is 5.32 Å². The van der Waals surface area contributed by atoms with Gasteiger partial charge >= 0.3 is 0 Å². The van der Waals surface area contributed by atoms with E-state index in [0.29, 0.717) is 12.5 Å². The highest BCUT2D eigenvalue weighted by Crippen LogP contribution is 2.13. The molecule has 106 valence electrons. The van der Waals surface area contributed by atoms with Crippen LogP contribution >= 0.6 is 0 Å². The van der Waals surface area contributed by atoms with E-state index in [1.807, 2.05) is 31.2 Å². The van der Waals surface area contributed by atoms with Crippen molar-refractivity contribution in [3.8, 4) is 5.75 Å². The third kappa shape index (κ3) is 6.70. The highest BCUT2D eigenvalue weighted by Gasteiger charge is 2.03. The molecule has 0 saturated carbocycles. The molecule has 0 aromatic heterocycles. The first kappa shape index (κ1) is 15.3. The summed E-state index contributed by atoms with van der Waals surface area (Å²) in [4.78, 5) is 4.27. The molecule has 3 N–H and O–H groups in total.